The molecule has 0 bridgehead atoms. The number of ketones is 1. The average Bonchev–Trinajstić information content (AvgIpc) is 2.96. The summed E-state index contributed by atoms with van der Waals surface area (Å²) >= 11 is 0.434. The van der Waals surface area contributed by atoms with Crippen molar-refractivity contribution in [3.8, 4) is 5.75 Å². The van der Waals surface area contributed by atoms with E-state index in [1.165, 1.54) is 0 Å². The van der Waals surface area contributed by atoms with Gasteiger partial charge in [-0.3, -0.25) is 14.9 Å². The molecule has 2 saturated carbocycles. The van der Waals surface area contributed by atoms with Gasteiger partial charge in [-0.2, -0.15) is 5.90 Å². The van der Waals surface area contributed by atoms with Crippen molar-refractivity contribution < 1.29 is 23.2 Å². The molecular weight excluding hydrogens is 372 g/mol. The summed E-state index contributed by atoms with van der Waals surface area (Å²) in [6.07, 6.45) is 4.86. The molecule has 4 rings (SSSR count). The Morgan fingerprint density at radius 3 is 2.85 bits per heavy atom. The van der Waals surface area contributed by atoms with E-state index in [1.54, 1.807) is 6.07 Å². The highest BCUT2D eigenvalue weighted by Gasteiger charge is 2.55. The minimum atomic E-state index is -0.398. The highest BCUT2D eigenvalue weighted by Crippen LogP contribution is 2.60. The summed E-state index contributed by atoms with van der Waals surface area (Å²) in [7, 11) is 0. The predicted octanol–water partition coefficient (Wildman–Crippen LogP) is 3.78. The number of nitro groups is 1. The summed E-state index contributed by atoms with van der Waals surface area (Å²) in [5.74, 6) is 6.34. The first-order valence-electron chi connectivity index (χ1n) is 9.17. The van der Waals surface area contributed by atoms with Crippen LogP contribution >= 0.6 is 12.3 Å². The van der Waals surface area contributed by atoms with Crippen LogP contribution in [0.2, 0.25) is 0 Å². The van der Waals surface area contributed by atoms with E-state index in [1.807, 2.05) is 6.07 Å². The maximum atomic E-state index is 12.4. The van der Waals surface area contributed by atoms with Crippen LogP contribution in [0.3, 0.4) is 0 Å². The van der Waals surface area contributed by atoms with Gasteiger partial charge in [-0.05, 0) is 61.5 Å². The van der Waals surface area contributed by atoms with Crippen LogP contribution in [0.4, 0.5) is 5.69 Å². The van der Waals surface area contributed by atoms with Gasteiger partial charge in [0.15, 0.2) is 0 Å². The lowest BCUT2D eigenvalue weighted by molar-refractivity contribution is -0.386. The Kier molecular flexibility index (Phi) is 4.87. The Hall–Kier alpha value is -1.68. The summed E-state index contributed by atoms with van der Waals surface area (Å²) in [5, 5.41) is 11.7. The highest BCUT2D eigenvalue weighted by molar-refractivity contribution is 7.90. The maximum absolute atomic E-state index is 12.4. The largest absolute Gasteiger partial charge is 0.391 e. The van der Waals surface area contributed by atoms with Crippen LogP contribution in [0.1, 0.15) is 56.1 Å². The lowest BCUT2D eigenvalue weighted by Gasteiger charge is -2.48. The number of fused-ring (bicyclic) bond motifs is 5. The van der Waals surface area contributed by atoms with Crippen molar-refractivity contribution in [3.63, 3.8) is 0 Å². The number of nitrogens with zero attached hydrogens (tertiary/aromatic N) is 1. The minimum absolute atomic E-state index is 0.0186. The van der Waals surface area contributed by atoms with Crippen molar-refractivity contribution in [2.24, 2.45) is 23.1 Å². The zero-order valence-corrected chi connectivity index (χ0v) is 15.8. The fourth-order valence-corrected chi connectivity index (χ4v) is 6.00. The fourth-order valence-electron chi connectivity index (χ4n) is 5.73. The molecule has 8 nitrogen and oxygen atoms in total. The lowest BCUT2D eigenvalue weighted by Crippen LogP contribution is -2.42. The van der Waals surface area contributed by atoms with E-state index in [0.717, 1.165) is 36.8 Å². The van der Waals surface area contributed by atoms with Gasteiger partial charge in [0.2, 0.25) is 5.75 Å². The summed E-state index contributed by atoms with van der Waals surface area (Å²) < 4.78 is 9.63. The number of Topliss-reactive ketones (excluding diaryl/α,β-unsaturated/α-hetero) is 1. The van der Waals surface area contributed by atoms with Crippen LogP contribution in [0, 0.1) is 27.4 Å². The normalized spacial score (nSPS) is 31.8. The summed E-state index contributed by atoms with van der Waals surface area (Å²) in [6.45, 7) is 2.12. The third-order valence-electron chi connectivity index (χ3n) is 6.93. The van der Waals surface area contributed by atoms with Gasteiger partial charge in [-0.1, -0.05) is 13.0 Å². The van der Waals surface area contributed by atoms with Crippen LogP contribution in [-0.4, -0.2) is 10.7 Å². The van der Waals surface area contributed by atoms with E-state index in [0.29, 0.717) is 42.8 Å². The first kappa shape index (κ1) is 18.7. The van der Waals surface area contributed by atoms with Gasteiger partial charge in [-0.25, -0.2) is 0 Å². The molecule has 0 saturated heterocycles. The molecule has 2 N–H and O–H groups in total. The maximum Gasteiger partial charge on any atom is 0.316 e. The second kappa shape index (κ2) is 7.05. The molecule has 0 amide bonds. The smallest absolute Gasteiger partial charge is 0.316 e. The van der Waals surface area contributed by atoms with Crippen molar-refractivity contribution in [1.82, 2.24) is 0 Å². The van der Waals surface area contributed by atoms with E-state index in [2.05, 4.69) is 16.2 Å². The van der Waals surface area contributed by atoms with Crippen molar-refractivity contribution in [2.75, 3.05) is 0 Å². The molecule has 146 valence electrons. The van der Waals surface area contributed by atoms with Crippen molar-refractivity contribution in [2.45, 2.75) is 51.4 Å². The summed E-state index contributed by atoms with van der Waals surface area (Å²) in [5.41, 5.74) is 1.55. The molecule has 3 aliphatic rings. The average molecular weight is 394 g/mol. The first-order valence-corrected chi connectivity index (χ1v) is 9.84. The van der Waals surface area contributed by atoms with Gasteiger partial charge in [0.05, 0.1) is 4.92 Å². The summed E-state index contributed by atoms with van der Waals surface area (Å²) in [6, 6.07) is 3.54. The van der Waals surface area contributed by atoms with Gasteiger partial charge >= 0.3 is 5.69 Å². The van der Waals surface area contributed by atoms with Gasteiger partial charge in [0.1, 0.15) is 5.78 Å². The Bertz CT molecular complexity index is 787. The number of benzene rings is 1. The van der Waals surface area contributed by atoms with E-state index >= 15 is 0 Å². The van der Waals surface area contributed by atoms with E-state index in [9.17, 15) is 14.9 Å². The van der Waals surface area contributed by atoms with E-state index < -0.39 is 4.92 Å². The molecule has 0 aromatic heterocycles. The molecule has 1 aromatic rings. The second-order valence-electron chi connectivity index (χ2n) is 7.89. The van der Waals surface area contributed by atoms with E-state index in [4.69, 9.17) is 10.1 Å². The monoisotopic (exact) mass is 394 g/mol. The van der Waals surface area contributed by atoms with Gasteiger partial charge < -0.3 is 4.18 Å². The van der Waals surface area contributed by atoms with Crippen molar-refractivity contribution in [3.05, 3.63) is 33.4 Å². The van der Waals surface area contributed by atoms with Crippen LogP contribution in [0.5, 0.6) is 5.75 Å². The number of rotatable bonds is 5. The Balaban J connectivity index is 1.68. The number of hydrogen-bond acceptors (Lipinski definition) is 8. The van der Waals surface area contributed by atoms with Crippen molar-refractivity contribution >= 4 is 23.8 Å². The minimum Gasteiger partial charge on any atom is -0.391 e. The van der Waals surface area contributed by atoms with Crippen LogP contribution < -0.4 is 10.1 Å². The molecular formula is C18H22N2O6S. The fraction of sp³-hybridized carbons (Fsp3) is 0.611. The molecule has 27 heavy (non-hydrogen) atoms. The number of carbonyl (C=O) groups excluding carboxylic acids is 1. The molecule has 0 aliphatic heterocycles. The number of nitro benzene ring substituents is 1. The number of hydrogen-bond donors (Lipinski definition) is 1. The lowest BCUT2D eigenvalue weighted by atomic mass is 9.55. The molecule has 4 unspecified atom stereocenters. The van der Waals surface area contributed by atoms with E-state index in [-0.39, 0.29) is 22.8 Å². The number of carbonyl (C=O) groups is 1. The molecule has 0 radical (unpaired) electrons. The topological polar surface area (TPSA) is 114 Å². The van der Waals surface area contributed by atoms with Crippen LogP contribution in [0.15, 0.2) is 12.1 Å². The number of nitrogens with two attached hydrogens (primary N) is 1. The third kappa shape index (κ3) is 2.93. The van der Waals surface area contributed by atoms with Gasteiger partial charge in [0, 0.05) is 17.4 Å². The van der Waals surface area contributed by atoms with Crippen molar-refractivity contribution in [1.29, 1.82) is 0 Å². The molecule has 4 atom stereocenters. The Morgan fingerprint density at radius 1 is 1.30 bits per heavy atom. The second-order valence-corrected chi connectivity index (χ2v) is 8.33. The van der Waals surface area contributed by atoms with Crippen LogP contribution in [-0.2, 0) is 20.5 Å². The first-order chi connectivity index (χ1) is 13.0. The Labute approximate surface area is 161 Å². The highest BCUT2D eigenvalue weighted by atomic mass is 32.2. The van der Waals surface area contributed by atoms with Gasteiger partial charge in [0.25, 0.3) is 12.3 Å². The molecule has 9 heteroatoms. The molecule has 3 aliphatic carbocycles. The Morgan fingerprint density at radius 2 is 2.11 bits per heavy atom. The summed E-state index contributed by atoms with van der Waals surface area (Å²) in [4.78, 5) is 27.7. The van der Waals surface area contributed by atoms with Gasteiger partial charge in [-0.15, -0.1) is 9.32 Å². The molecule has 0 heterocycles. The zero-order chi connectivity index (χ0) is 19.2. The third-order valence-corrected chi connectivity index (χ3v) is 7.31. The van der Waals surface area contributed by atoms with Crippen LogP contribution in [0.25, 0.3) is 0 Å². The predicted molar refractivity (Wildman–Crippen MR) is 97.3 cm³/mol. The molecule has 0 spiro atoms. The standard InChI is InChI=1S/C18H22N2O6S/c1-18-9-8-11-10-4-6-15(24-27-26-25-19)17(20(22)23)13(10)3-2-12(11)14(18)5-7-16(18)21/h4,6,11-12,14H,2-3,5,7-9,19H2,1H3. The molecule has 1 aromatic carbocycles. The quantitative estimate of drug-likeness (QED) is 0.264. The SMILES string of the molecule is CC12CCC3c4ccc(OSOON)c([N+](=O)[O-])c4CCC3C1CCC2=O. The molecule has 2 fully saturated rings. The zero-order valence-electron chi connectivity index (χ0n) is 15.0.